The van der Waals surface area contributed by atoms with Crippen molar-refractivity contribution in [2.75, 3.05) is 26.0 Å². The molecule has 0 saturated heterocycles. The van der Waals surface area contributed by atoms with Crippen LogP contribution in [0.5, 0.6) is 0 Å². The molecule has 8 heteroatoms. The molecule has 0 aliphatic carbocycles. The number of amides is 3. The minimum atomic E-state index is -1.18. The predicted molar refractivity (Wildman–Crippen MR) is 78.7 cm³/mol. The molecule has 0 unspecified atom stereocenters. The summed E-state index contributed by atoms with van der Waals surface area (Å²) in [5.41, 5.74) is 0.200. The van der Waals surface area contributed by atoms with Crippen molar-refractivity contribution in [3.8, 4) is 0 Å². The summed E-state index contributed by atoms with van der Waals surface area (Å²) in [5, 5.41) is 14.0. The zero-order valence-electron chi connectivity index (χ0n) is 11.6. The van der Waals surface area contributed by atoms with Gasteiger partial charge < -0.3 is 20.6 Å². The van der Waals surface area contributed by atoms with Gasteiger partial charge in [-0.25, -0.2) is 9.59 Å². The first-order valence-corrected chi connectivity index (χ1v) is 6.47. The molecule has 0 atom stereocenters. The second-order valence-electron chi connectivity index (χ2n) is 4.42. The summed E-state index contributed by atoms with van der Waals surface area (Å²) >= 11 is 5.72. The van der Waals surface area contributed by atoms with Gasteiger partial charge in [0.05, 0.1) is 10.6 Å². The van der Waals surface area contributed by atoms with E-state index in [9.17, 15) is 14.4 Å². The number of carboxylic acid groups (broad SMARTS) is 1. The van der Waals surface area contributed by atoms with Gasteiger partial charge in [-0.15, -0.1) is 0 Å². The lowest BCUT2D eigenvalue weighted by Crippen LogP contribution is -2.33. The number of nitrogens with one attached hydrogen (secondary N) is 2. The van der Waals surface area contributed by atoms with Crippen LogP contribution in [0.3, 0.4) is 0 Å². The first kappa shape index (κ1) is 16.8. The zero-order chi connectivity index (χ0) is 16.0. The molecule has 1 aromatic rings. The average molecular weight is 314 g/mol. The first-order valence-electron chi connectivity index (χ1n) is 6.09. The first-order chi connectivity index (χ1) is 9.81. The molecule has 114 valence electrons. The van der Waals surface area contributed by atoms with Crippen LogP contribution in [0.15, 0.2) is 18.2 Å². The Morgan fingerprint density at radius 2 is 1.95 bits per heavy atom. The van der Waals surface area contributed by atoms with Crippen molar-refractivity contribution in [2.45, 2.75) is 6.42 Å². The molecule has 0 aliphatic rings. The summed E-state index contributed by atoms with van der Waals surface area (Å²) in [6.45, 7) is 0.183. The Morgan fingerprint density at radius 3 is 2.52 bits per heavy atom. The predicted octanol–water partition coefficient (Wildman–Crippen LogP) is 1.64. The van der Waals surface area contributed by atoms with E-state index < -0.39 is 12.0 Å². The topological polar surface area (TPSA) is 98.7 Å². The quantitative estimate of drug-likeness (QED) is 0.769. The van der Waals surface area contributed by atoms with Crippen LogP contribution in [0, 0.1) is 0 Å². The minimum Gasteiger partial charge on any atom is -0.478 e. The van der Waals surface area contributed by atoms with E-state index in [0.717, 1.165) is 0 Å². The number of urea groups is 1. The van der Waals surface area contributed by atoms with E-state index in [-0.39, 0.29) is 29.5 Å². The average Bonchev–Trinajstić information content (AvgIpc) is 2.40. The number of hydrogen-bond donors (Lipinski definition) is 3. The van der Waals surface area contributed by atoms with Crippen LogP contribution < -0.4 is 10.6 Å². The molecule has 3 N–H and O–H groups in total. The molecule has 0 fully saturated rings. The standard InChI is InChI=1S/C13H16ClN3O4/c1-17(2)11(18)5-6-15-13(21)16-8-3-4-10(14)9(7-8)12(19)20/h3-4,7H,5-6H2,1-2H3,(H,19,20)(H2,15,16,21). The Hall–Kier alpha value is -2.28. The normalized spacial score (nSPS) is 9.86. The molecular formula is C13H16ClN3O4. The zero-order valence-corrected chi connectivity index (χ0v) is 12.4. The fourth-order valence-corrected chi connectivity index (χ4v) is 1.65. The van der Waals surface area contributed by atoms with Crippen molar-refractivity contribution in [1.29, 1.82) is 0 Å². The molecule has 0 heterocycles. The number of halogens is 1. The maximum absolute atomic E-state index is 11.6. The van der Waals surface area contributed by atoms with Gasteiger partial charge in [-0.3, -0.25) is 4.79 Å². The van der Waals surface area contributed by atoms with Crippen LogP contribution in [0.4, 0.5) is 10.5 Å². The summed E-state index contributed by atoms with van der Waals surface area (Å²) in [5.74, 6) is -1.28. The number of benzene rings is 1. The van der Waals surface area contributed by atoms with Crippen molar-refractivity contribution < 1.29 is 19.5 Å². The summed E-state index contributed by atoms with van der Waals surface area (Å²) in [7, 11) is 3.26. The highest BCUT2D eigenvalue weighted by atomic mass is 35.5. The van der Waals surface area contributed by atoms with Gasteiger partial charge in [0.1, 0.15) is 0 Å². The van der Waals surface area contributed by atoms with Crippen LogP contribution in [0.2, 0.25) is 5.02 Å². The van der Waals surface area contributed by atoms with Crippen LogP contribution >= 0.6 is 11.6 Å². The fraction of sp³-hybridized carbons (Fsp3) is 0.308. The van der Waals surface area contributed by atoms with E-state index in [1.54, 1.807) is 14.1 Å². The maximum atomic E-state index is 11.6. The second-order valence-corrected chi connectivity index (χ2v) is 4.83. The van der Waals surface area contributed by atoms with Crippen LogP contribution in [-0.2, 0) is 4.79 Å². The van der Waals surface area contributed by atoms with Gasteiger partial charge in [0.25, 0.3) is 0 Å². The smallest absolute Gasteiger partial charge is 0.337 e. The minimum absolute atomic E-state index is 0.0880. The number of carbonyl (C=O) groups is 3. The van der Waals surface area contributed by atoms with Gasteiger partial charge in [-0.1, -0.05) is 11.6 Å². The SMILES string of the molecule is CN(C)C(=O)CCNC(=O)Nc1ccc(Cl)c(C(=O)O)c1. The molecular weight excluding hydrogens is 298 g/mol. The van der Waals surface area contributed by atoms with E-state index in [0.29, 0.717) is 5.69 Å². The van der Waals surface area contributed by atoms with E-state index in [1.807, 2.05) is 0 Å². The molecule has 1 rings (SSSR count). The highest BCUT2D eigenvalue weighted by Gasteiger charge is 2.11. The lowest BCUT2D eigenvalue weighted by Gasteiger charge is -2.11. The lowest BCUT2D eigenvalue weighted by molar-refractivity contribution is -0.128. The molecule has 0 spiro atoms. The number of anilines is 1. The number of carboxylic acids is 1. The molecule has 0 aromatic heterocycles. The fourth-order valence-electron chi connectivity index (χ4n) is 1.45. The van der Waals surface area contributed by atoms with E-state index in [1.165, 1.54) is 23.1 Å². The third-order valence-corrected chi connectivity index (χ3v) is 2.91. The summed E-state index contributed by atoms with van der Waals surface area (Å²) in [6.07, 6.45) is 0.182. The second kappa shape index (κ2) is 7.49. The van der Waals surface area contributed by atoms with E-state index in [2.05, 4.69) is 10.6 Å². The molecule has 1 aromatic carbocycles. The summed E-state index contributed by atoms with van der Waals surface area (Å²) < 4.78 is 0. The maximum Gasteiger partial charge on any atom is 0.337 e. The van der Waals surface area contributed by atoms with Gasteiger partial charge in [-0.2, -0.15) is 0 Å². The monoisotopic (exact) mass is 313 g/mol. The Kier molecular flexibility index (Phi) is 5.98. The third kappa shape index (κ3) is 5.31. The van der Waals surface area contributed by atoms with Crippen molar-refractivity contribution >= 4 is 35.2 Å². The van der Waals surface area contributed by atoms with E-state index >= 15 is 0 Å². The van der Waals surface area contributed by atoms with Gasteiger partial charge in [-0.05, 0) is 18.2 Å². The summed E-state index contributed by atoms with van der Waals surface area (Å²) in [6, 6.07) is 3.60. The van der Waals surface area contributed by atoms with Gasteiger partial charge in [0.15, 0.2) is 0 Å². The summed E-state index contributed by atoms with van der Waals surface area (Å²) in [4.78, 5) is 35.3. The number of rotatable bonds is 5. The van der Waals surface area contributed by atoms with Crippen molar-refractivity contribution in [1.82, 2.24) is 10.2 Å². The van der Waals surface area contributed by atoms with Gasteiger partial charge in [0.2, 0.25) is 5.91 Å². The number of aromatic carboxylic acids is 1. The van der Waals surface area contributed by atoms with Crippen molar-refractivity contribution in [3.63, 3.8) is 0 Å². The number of carbonyl (C=O) groups excluding carboxylic acids is 2. The Balaban J connectivity index is 2.54. The van der Waals surface area contributed by atoms with Crippen LogP contribution in [0.1, 0.15) is 16.8 Å². The van der Waals surface area contributed by atoms with E-state index in [4.69, 9.17) is 16.7 Å². The largest absolute Gasteiger partial charge is 0.478 e. The van der Waals surface area contributed by atoms with Crippen LogP contribution in [-0.4, -0.2) is 48.6 Å². The Labute approximate surface area is 126 Å². The third-order valence-electron chi connectivity index (χ3n) is 2.58. The van der Waals surface area contributed by atoms with Crippen molar-refractivity contribution in [3.05, 3.63) is 28.8 Å². The molecule has 0 bridgehead atoms. The lowest BCUT2D eigenvalue weighted by atomic mass is 10.2. The molecule has 0 saturated carbocycles. The molecule has 7 nitrogen and oxygen atoms in total. The molecule has 0 aliphatic heterocycles. The van der Waals surface area contributed by atoms with Gasteiger partial charge in [0, 0.05) is 32.7 Å². The Bertz CT molecular complexity index is 560. The molecule has 0 radical (unpaired) electrons. The highest BCUT2D eigenvalue weighted by molar-refractivity contribution is 6.33. The highest BCUT2D eigenvalue weighted by Crippen LogP contribution is 2.20. The Morgan fingerprint density at radius 1 is 1.29 bits per heavy atom. The number of hydrogen-bond acceptors (Lipinski definition) is 3. The number of nitrogens with zero attached hydrogens (tertiary/aromatic N) is 1. The molecule has 3 amide bonds. The van der Waals surface area contributed by atoms with Crippen molar-refractivity contribution in [2.24, 2.45) is 0 Å². The molecule has 21 heavy (non-hydrogen) atoms. The van der Waals surface area contributed by atoms with Crippen LogP contribution in [0.25, 0.3) is 0 Å². The van der Waals surface area contributed by atoms with Gasteiger partial charge >= 0.3 is 12.0 Å².